The van der Waals surface area contributed by atoms with E-state index in [1.807, 2.05) is 12.1 Å². The fourth-order valence-electron chi connectivity index (χ4n) is 1.01. The lowest BCUT2D eigenvalue weighted by molar-refractivity contribution is 0.752. The smallest absolute Gasteiger partial charge is 0.187 e. The summed E-state index contributed by atoms with van der Waals surface area (Å²) in [5, 5.41) is 7.94. The molecule has 0 aliphatic carbocycles. The summed E-state index contributed by atoms with van der Waals surface area (Å²) in [5.41, 5.74) is 1.48. The molecule has 62 valence electrons. The first-order valence-corrected chi connectivity index (χ1v) is 3.74. The molecule has 0 aliphatic heterocycles. The first-order chi connectivity index (χ1) is 6.40. The molecule has 1 aromatic carbocycles. The minimum atomic E-state index is 0.621. The number of benzene rings is 1. The molecule has 4 heteroatoms. The lowest BCUT2D eigenvalue weighted by Gasteiger charge is -1.97. The van der Waals surface area contributed by atoms with E-state index in [2.05, 4.69) is 15.0 Å². The highest BCUT2D eigenvalue weighted by molar-refractivity contribution is 5.48. The van der Waals surface area contributed by atoms with Gasteiger partial charge in [-0.05, 0) is 12.1 Å². The molecule has 13 heavy (non-hydrogen) atoms. The van der Waals surface area contributed by atoms with E-state index in [1.165, 1.54) is 4.80 Å². The highest BCUT2D eigenvalue weighted by Gasteiger charge is 1.96. The van der Waals surface area contributed by atoms with Gasteiger partial charge < -0.3 is 0 Å². The van der Waals surface area contributed by atoms with Gasteiger partial charge in [-0.15, -0.1) is 0 Å². The van der Waals surface area contributed by atoms with Crippen LogP contribution in [-0.2, 0) is 0 Å². The largest absolute Gasteiger partial charge is 0.238 e. The van der Waals surface area contributed by atoms with E-state index in [4.69, 9.17) is 6.57 Å². The molecule has 1 aromatic heterocycles. The third-order valence-electron chi connectivity index (χ3n) is 1.63. The highest BCUT2D eigenvalue weighted by Crippen LogP contribution is 2.13. The standard InChI is InChI=1S/C9H6N4/c1-10-8-2-4-9(5-3-8)13-11-6-7-12-13/h2-7H. The van der Waals surface area contributed by atoms with Gasteiger partial charge in [-0.2, -0.15) is 15.0 Å². The number of hydrogen-bond acceptors (Lipinski definition) is 2. The monoisotopic (exact) mass is 170 g/mol. The molecule has 0 bridgehead atoms. The molecular weight excluding hydrogens is 164 g/mol. The second kappa shape index (κ2) is 3.07. The van der Waals surface area contributed by atoms with E-state index in [-0.39, 0.29) is 0 Å². The Morgan fingerprint density at radius 3 is 2.23 bits per heavy atom. The molecule has 0 spiro atoms. The van der Waals surface area contributed by atoms with Gasteiger partial charge in [-0.25, -0.2) is 4.85 Å². The summed E-state index contributed by atoms with van der Waals surface area (Å²) >= 11 is 0. The van der Waals surface area contributed by atoms with Crippen LogP contribution in [0.1, 0.15) is 0 Å². The van der Waals surface area contributed by atoms with Crippen molar-refractivity contribution in [3.05, 3.63) is 48.1 Å². The summed E-state index contributed by atoms with van der Waals surface area (Å²) in [6, 6.07) is 7.11. The number of aromatic nitrogens is 3. The van der Waals surface area contributed by atoms with Crippen molar-refractivity contribution in [2.45, 2.75) is 0 Å². The second-order valence-corrected chi connectivity index (χ2v) is 2.45. The van der Waals surface area contributed by atoms with Gasteiger partial charge in [-0.1, -0.05) is 12.1 Å². The fraction of sp³-hybridized carbons (Fsp3) is 0. The van der Waals surface area contributed by atoms with Crippen LogP contribution in [0.15, 0.2) is 36.7 Å². The molecule has 0 atom stereocenters. The van der Waals surface area contributed by atoms with Crippen molar-refractivity contribution in [3.8, 4) is 5.69 Å². The first kappa shape index (κ1) is 7.50. The van der Waals surface area contributed by atoms with Crippen LogP contribution in [0.5, 0.6) is 0 Å². The van der Waals surface area contributed by atoms with Crippen molar-refractivity contribution in [2.24, 2.45) is 0 Å². The van der Waals surface area contributed by atoms with Crippen LogP contribution in [0.3, 0.4) is 0 Å². The molecule has 2 aromatic rings. The summed E-state index contributed by atoms with van der Waals surface area (Å²) in [6.07, 6.45) is 3.23. The molecule has 0 saturated heterocycles. The lowest BCUT2D eigenvalue weighted by atomic mass is 10.3. The SMILES string of the molecule is [C-]#[N+]c1ccc(-n2nccn2)cc1. The van der Waals surface area contributed by atoms with Crippen LogP contribution < -0.4 is 0 Å². The number of hydrogen-bond donors (Lipinski definition) is 0. The van der Waals surface area contributed by atoms with Gasteiger partial charge in [0.2, 0.25) is 0 Å². The van der Waals surface area contributed by atoms with E-state index < -0.39 is 0 Å². The third-order valence-corrected chi connectivity index (χ3v) is 1.63. The van der Waals surface area contributed by atoms with Gasteiger partial charge in [0.05, 0.1) is 24.7 Å². The van der Waals surface area contributed by atoms with Crippen LogP contribution in [0.25, 0.3) is 10.5 Å². The van der Waals surface area contributed by atoms with Crippen LogP contribution in [-0.4, -0.2) is 15.0 Å². The van der Waals surface area contributed by atoms with E-state index >= 15 is 0 Å². The first-order valence-electron chi connectivity index (χ1n) is 3.74. The van der Waals surface area contributed by atoms with Gasteiger partial charge in [0.1, 0.15) is 0 Å². The van der Waals surface area contributed by atoms with Gasteiger partial charge in [0.25, 0.3) is 0 Å². The van der Waals surface area contributed by atoms with Crippen LogP contribution in [0.4, 0.5) is 5.69 Å². The van der Waals surface area contributed by atoms with E-state index in [1.54, 1.807) is 24.5 Å². The van der Waals surface area contributed by atoms with E-state index in [0.717, 1.165) is 5.69 Å². The second-order valence-electron chi connectivity index (χ2n) is 2.45. The third kappa shape index (κ3) is 1.40. The van der Waals surface area contributed by atoms with E-state index in [9.17, 15) is 0 Å². The van der Waals surface area contributed by atoms with Crippen molar-refractivity contribution in [1.29, 1.82) is 0 Å². The topological polar surface area (TPSA) is 35.1 Å². The Balaban J connectivity index is 2.40. The molecule has 0 aliphatic rings. The zero-order chi connectivity index (χ0) is 9.10. The van der Waals surface area contributed by atoms with Gasteiger partial charge in [-0.3, -0.25) is 0 Å². The highest BCUT2D eigenvalue weighted by atomic mass is 15.5. The molecular formula is C9H6N4. The van der Waals surface area contributed by atoms with Crippen molar-refractivity contribution < 1.29 is 0 Å². The molecule has 0 radical (unpaired) electrons. The van der Waals surface area contributed by atoms with Gasteiger partial charge >= 0.3 is 0 Å². The van der Waals surface area contributed by atoms with Crippen molar-refractivity contribution in [2.75, 3.05) is 0 Å². The Bertz CT molecular complexity index is 422. The molecule has 0 N–H and O–H groups in total. The van der Waals surface area contributed by atoms with E-state index in [0.29, 0.717) is 5.69 Å². The molecule has 0 amide bonds. The quantitative estimate of drug-likeness (QED) is 0.612. The predicted molar refractivity (Wildman–Crippen MR) is 47.6 cm³/mol. The van der Waals surface area contributed by atoms with Crippen LogP contribution >= 0.6 is 0 Å². The number of nitrogens with zero attached hydrogens (tertiary/aromatic N) is 4. The summed E-state index contributed by atoms with van der Waals surface area (Å²) in [6.45, 7) is 6.78. The molecule has 4 nitrogen and oxygen atoms in total. The maximum absolute atomic E-state index is 6.78. The summed E-state index contributed by atoms with van der Waals surface area (Å²) in [5.74, 6) is 0. The summed E-state index contributed by atoms with van der Waals surface area (Å²) in [7, 11) is 0. The Morgan fingerprint density at radius 1 is 1.08 bits per heavy atom. The van der Waals surface area contributed by atoms with Crippen molar-refractivity contribution >= 4 is 5.69 Å². The average Bonchev–Trinajstić information content (AvgIpc) is 2.71. The molecule has 0 saturated carbocycles. The predicted octanol–water partition coefficient (Wildman–Crippen LogP) is 1.82. The molecule has 1 heterocycles. The number of rotatable bonds is 1. The Morgan fingerprint density at radius 2 is 1.69 bits per heavy atom. The molecule has 0 fully saturated rings. The molecule has 2 rings (SSSR count). The summed E-state index contributed by atoms with van der Waals surface area (Å²) in [4.78, 5) is 4.80. The van der Waals surface area contributed by atoms with Crippen molar-refractivity contribution in [3.63, 3.8) is 0 Å². The van der Waals surface area contributed by atoms with Crippen LogP contribution in [0.2, 0.25) is 0 Å². The van der Waals surface area contributed by atoms with Crippen molar-refractivity contribution in [1.82, 2.24) is 15.0 Å². The van der Waals surface area contributed by atoms with Crippen LogP contribution in [0, 0.1) is 6.57 Å². The normalized spacial score (nSPS) is 9.46. The lowest BCUT2D eigenvalue weighted by Crippen LogP contribution is -1.96. The maximum Gasteiger partial charge on any atom is 0.187 e. The fourth-order valence-corrected chi connectivity index (χ4v) is 1.01. The Hall–Kier alpha value is -2.15. The minimum absolute atomic E-state index is 0.621. The Labute approximate surface area is 75.3 Å². The zero-order valence-corrected chi connectivity index (χ0v) is 6.75. The zero-order valence-electron chi connectivity index (χ0n) is 6.75. The average molecular weight is 170 g/mol. The maximum atomic E-state index is 6.78. The summed E-state index contributed by atoms with van der Waals surface area (Å²) < 4.78 is 0. The van der Waals surface area contributed by atoms with Gasteiger partial charge in [0, 0.05) is 0 Å². The molecule has 0 unspecified atom stereocenters. The Kier molecular flexibility index (Phi) is 1.77. The minimum Gasteiger partial charge on any atom is -0.238 e. The van der Waals surface area contributed by atoms with Gasteiger partial charge in [0.15, 0.2) is 5.69 Å².